The van der Waals surface area contributed by atoms with Crippen molar-refractivity contribution in [2.45, 2.75) is 12.1 Å². The molecule has 1 unspecified atom stereocenters. The van der Waals surface area contributed by atoms with E-state index in [0.717, 1.165) is 0 Å². The van der Waals surface area contributed by atoms with Crippen LogP contribution in [0.1, 0.15) is 6.04 Å². The van der Waals surface area contributed by atoms with E-state index in [1.165, 1.54) is 16.7 Å². The molecule has 0 spiro atoms. The van der Waals surface area contributed by atoms with Crippen molar-refractivity contribution in [1.82, 2.24) is 4.57 Å². The summed E-state index contributed by atoms with van der Waals surface area (Å²) in [4.78, 5) is 11.8. The highest BCUT2D eigenvalue weighted by Gasteiger charge is 2.20. The first kappa shape index (κ1) is 11.4. The molecule has 1 heterocycles. The van der Waals surface area contributed by atoms with E-state index in [0.29, 0.717) is 11.1 Å². The summed E-state index contributed by atoms with van der Waals surface area (Å²) in [5.41, 5.74) is 1.11. The van der Waals surface area contributed by atoms with Crippen molar-refractivity contribution < 1.29 is 9.52 Å². The van der Waals surface area contributed by atoms with Crippen LogP contribution in [0.25, 0.3) is 11.1 Å². The van der Waals surface area contributed by atoms with E-state index in [1.807, 2.05) is 0 Å². The molecule has 1 N–H and O–H groups in total. The van der Waals surface area contributed by atoms with Gasteiger partial charge < -0.3 is 9.52 Å². The van der Waals surface area contributed by atoms with Crippen LogP contribution in [0.5, 0.6) is 0 Å². The molecule has 2 rings (SSSR count). The standard InChI is InChI=1S/C13H13NO3/c1-3-9(11(15)4-2)14-10-7-5-6-8-12(10)17-13(14)16/h3-9,11,15H,1-2H2/t9?,11-/m1/s1. The van der Waals surface area contributed by atoms with Crippen LogP contribution in [0.4, 0.5) is 0 Å². The fourth-order valence-electron chi connectivity index (χ4n) is 1.80. The minimum Gasteiger partial charge on any atom is -0.408 e. The third-order valence-corrected chi connectivity index (χ3v) is 2.65. The highest BCUT2D eigenvalue weighted by molar-refractivity contribution is 5.72. The fraction of sp³-hybridized carbons (Fsp3) is 0.154. The molecule has 2 aromatic rings. The molecular formula is C13H13NO3. The maximum Gasteiger partial charge on any atom is 0.420 e. The lowest BCUT2D eigenvalue weighted by Gasteiger charge is -2.17. The smallest absolute Gasteiger partial charge is 0.408 e. The van der Waals surface area contributed by atoms with Crippen molar-refractivity contribution in [2.75, 3.05) is 0 Å². The molecule has 0 amide bonds. The lowest BCUT2D eigenvalue weighted by Crippen LogP contribution is -2.27. The SMILES string of the molecule is C=CC([C@H](O)C=C)n1c(=O)oc2ccccc21. The highest BCUT2D eigenvalue weighted by atomic mass is 16.4. The van der Waals surface area contributed by atoms with Crippen LogP contribution in [0.3, 0.4) is 0 Å². The Balaban J connectivity index is 2.68. The Morgan fingerprint density at radius 3 is 2.65 bits per heavy atom. The largest absolute Gasteiger partial charge is 0.420 e. The second-order valence-electron chi connectivity index (χ2n) is 3.66. The lowest BCUT2D eigenvalue weighted by molar-refractivity contribution is 0.177. The Hall–Kier alpha value is -2.07. The molecule has 1 aromatic carbocycles. The summed E-state index contributed by atoms with van der Waals surface area (Å²) < 4.78 is 6.46. The maximum absolute atomic E-state index is 11.8. The second-order valence-corrected chi connectivity index (χ2v) is 3.66. The Morgan fingerprint density at radius 1 is 1.29 bits per heavy atom. The molecule has 0 fully saturated rings. The Morgan fingerprint density at radius 2 is 2.00 bits per heavy atom. The number of nitrogens with zero attached hydrogens (tertiary/aromatic N) is 1. The number of rotatable bonds is 4. The minimum atomic E-state index is -0.883. The minimum absolute atomic E-state index is 0.487. The van der Waals surface area contributed by atoms with Gasteiger partial charge in [0.25, 0.3) is 0 Å². The second kappa shape index (κ2) is 4.43. The van der Waals surface area contributed by atoms with Crippen molar-refractivity contribution in [1.29, 1.82) is 0 Å². The van der Waals surface area contributed by atoms with Crippen LogP contribution in [0.2, 0.25) is 0 Å². The van der Waals surface area contributed by atoms with Gasteiger partial charge in [-0.15, -0.1) is 13.2 Å². The van der Waals surface area contributed by atoms with E-state index in [4.69, 9.17) is 4.42 Å². The summed E-state index contributed by atoms with van der Waals surface area (Å²) >= 11 is 0. The Kier molecular flexibility index (Phi) is 2.97. The van der Waals surface area contributed by atoms with E-state index in [-0.39, 0.29) is 0 Å². The van der Waals surface area contributed by atoms with Gasteiger partial charge in [0.05, 0.1) is 17.7 Å². The summed E-state index contributed by atoms with van der Waals surface area (Å²) in [6.45, 7) is 7.13. The zero-order valence-electron chi connectivity index (χ0n) is 9.24. The van der Waals surface area contributed by atoms with Crippen LogP contribution in [0.15, 0.2) is 58.8 Å². The molecule has 0 aliphatic heterocycles. The van der Waals surface area contributed by atoms with Gasteiger partial charge in [0, 0.05) is 0 Å². The summed E-state index contributed by atoms with van der Waals surface area (Å²) in [5.74, 6) is -0.517. The van der Waals surface area contributed by atoms with Crippen LogP contribution >= 0.6 is 0 Å². The molecule has 0 saturated heterocycles. The monoisotopic (exact) mass is 231 g/mol. The van der Waals surface area contributed by atoms with E-state index in [1.54, 1.807) is 24.3 Å². The van der Waals surface area contributed by atoms with Crippen molar-refractivity contribution in [3.63, 3.8) is 0 Å². The topological polar surface area (TPSA) is 55.4 Å². The predicted molar refractivity (Wildman–Crippen MR) is 65.9 cm³/mol. The molecule has 88 valence electrons. The molecular weight excluding hydrogens is 218 g/mol. The number of hydrogen-bond donors (Lipinski definition) is 1. The van der Waals surface area contributed by atoms with Gasteiger partial charge >= 0.3 is 5.76 Å². The number of para-hydroxylation sites is 2. The first-order chi connectivity index (χ1) is 8.19. The van der Waals surface area contributed by atoms with Crippen molar-refractivity contribution in [2.24, 2.45) is 0 Å². The number of hydrogen-bond acceptors (Lipinski definition) is 3. The van der Waals surface area contributed by atoms with Gasteiger partial charge in [-0.3, -0.25) is 4.57 Å². The quantitative estimate of drug-likeness (QED) is 0.817. The molecule has 1 aromatic heterocycles. The average molecular weight is 231 g/mol. The summed E-state index contributed by atoms with van der Waals surface area (Å²) in [6, 6.07) is 6.46. The molecule has 0 radical (unpaired) electrons. The Bertz CT molecular complexity index is 608. The van der Waals surface area contributed by atoms with Gasteiger partial charge in [0.2, 0.25) is 0 Å². The number of benzene rings is 1. The predicted octanol–water partition coefficient (Wildman–Crippen LogP) is 1.87. The molecule has 0 aliphatic rings. The third kappa shape index (κ3) is 1.83. The maximum atomic E-state index is 11.8. The van der Waals surface area contributed by atoms with E-state index < -0.39 is 17.9 Å². The summed E-state index contributed by atoms with van der Waals surface area (Å²) in [7, 11) is 0. The molecule has 2 atom stereocenters. The fourth-order valence-corrected chi connectivity index (χ4v) is 1.80. The zero-order chi connectivity index (χ0) is 12.4. The van der Waals surface area contributed by atoms with Gasteiger partial charge in [-0.25, -0.2) is 4.79 Å². The molecule has 17 heavy (non-hydrogen) atoms. The zero-order valence-corrected chi connectivity index (χ0v) is 9.24. The van der Waals surface area contributed by atoms with Crippen molar-refractivity contribution in [3.05, 3.63) is 60.1 Å². The van der Waals surface area contributed by atoms with E-state index in [9.17, 15) is 9.90 Å². The average Bonchev–Trinajstić information content (AvgIpc) is 2.67. The Labute approximate surface area is 98.1 Å². The van der Waals surface area contributed by atoms with Gasteiger partial charge in [0.1, 0.15) is 0 Å². The van der Waals surface area contributed by atoms with Crippen molar-refractivity contribution >= 4 is 11.1 Å². The lowest BCUT2D eigenvalue weighted by atomic mass is 10.1. The number of oxazole rings is 1. The molecule has 0 aliphatic carbocycles. The highest BCUT2D eigenvalue weighted by Crippen LogP contribution is 2.20. The number of fused-ring (bicyclic) bond motifs is 1. The van der Waals surface area contributed by atoms with E-state index in [2.05, 4.69) is 13.2 Å². The first-order valence-corrected chi connectivity index (χ1v) is 5.22. The molecule has 0 bridgehead atoms. The van der Waals surface area contributed by atoms with Crippen LogP contribution in [0, 0.1) is 0 Å². The van der Waals surface area contributed by atoms with Gasteiger partial charge in [-0.2, -0.15) is 0 Å². The summed E-state index contributed by atoms with van der Waals surface area (Å²) in [6.07, 6.45) is 1.97. The molecule has 0 saturated carbocycles. The van der Waals surface area contributed by atoms with Crippen molar-refractivity contribution in [3.8, 4) is 0 Å². The normalized spacial score (nSPS) is 14.4. The third-order valence-electron chi connectivity index (χ3n) is 2.65. The van der Waals surface area contributed by atoms with Crippen LogP contribution < -0.4 is 5.76 Å². The number of aliphatic hydroxyl groups excluding tert-OH is 1. The summed E-state index contributed by atoms with van der Waals surface area (Å²) in [5, 5.41) is 9.78. The van der Waals surface area contributed by atoms with Gasteiger partial charge in [-0.1, -0.05) is 24.3 Å². The molecule has 4 nitrogen and oxygen atoms in total. The first-order valence-electron chi connectivity index (χ1n) is 5.22. The molecule has 4 heteroatoms. The van der Waals surface area contributed by atoms with Crippen LogP contribution in [-0.2, 0) is 0 Å². The number of aliphatic hydroxyl groups is 1. The number of aromatic nitrogens is 1. The van der Waals surface area contributed by atoms with Gasteiger partial charge in [-0.05, 0) is 12.1 Å². The van der Waals surface area contributed by atoms with Crippen LogP contribution in [-0.4, -0.2) is 15.8 Å². The van der Waals surface area contributed by atoms with E-state index >= 15 is 0 Å². The van der Waals surface area contributed by atoms with Gasteiger partial charge in [0.15, 0.2) is 5.58 Å².